The largest absolute Gasteiger partial charge is 0.423 e. The van der Waals surface area contributed by atoms with Gasteiger partial charge in [0.25, 0.3) is 0 Å². The number of amides is 2. The number of hydrogen-bond donors (Lipinski definition) is 1. The SMILES string of the molecule is Cc1cc(=O)oc2cc(NC(=O)N3CCC[C@H]3c3ccsc3)ccc12. The molecule has 0 aliphatic carbocycles. The van der Waals surface area contributed by atoms with E-state index in [-0.39, 0.29) is 17.7 Å². The van der Waals surface area contributed by atoms with Gasteiger partial charge in [0.05, 0.1) is 6.04 Å². The summed E-state index contributed by atoms with van der Waals surface area (Å²) in [6.07, 6.45) is 1.98. The number of carbonyl (C=O) groups is 1. The molecule has 1 fully saturated rings. The number of likely N-dealkylation sites (tertiary alicyclic amines) is 1. The fourth-order valence-corrected chi connectivity index (χ4v) is 4.13. The zero-order valence-corrected chi connectivity index (χ0v) is 14.6. The van der Waals surface area contributed by atoms with Gasteiger partial charge in [-0.1, -0.05) is 0 Å². The van der Waals surface area contributed by atoms with E-state index in [1.807, 2.05) is 29.3 Å². The van der Waals surface area contributed by atoms with Crippen LogP contribution >= 0.6 is 11.3 Å². The first-order valence-electron chi connectivity index (χ1n) is 8.26. The molecule has 0 unspecified atom stereocenters. The van der Waals surface area contributed by atoms with Gasteiger partial charge in [-0.15, -0.1) is 0 Å². The number of nitrogens with zero attached hydrogens (tertiary/aromatic N) is 1. The standard InChI is InChI=1S/C19H18N2O3S/c1-12-9-18(22)24-17-10-14(4-5-15(12)17)20-19(23)21-7-2-3-16(21)13-6-8-25-11-13/h4-6,8-11,16H,2-3,7H2,1H3,(H,20,23)/t16-/m0/s1. The molecule has 6 heteroatoms. The maximum absolute atomic E-state index is 12.7. The van der Waals surface area contributed by atoms with Crippen LogP contribution in [0.3, 0.4) is 0 Å². The van der Waals surface area contributed by atoms with Crippen LogP contribution in [-0.2, 0) is 0 Å². The molecule has 3 aromatic rings. The summed E-state index contributed by atoms with van der Waals surface area (Å²) in [6, 6.07) is 8.96. The van der Waals surface area contributed by atoms with Crippen molar-refractivity contribution in [3.8, 4) is 0 Å². The summed E-state index contributed by atoms with van der Waals surface area (Å²) in [4.78, 5) is 26.1. The molecule has 2 aromatic heterocycles. The summed E-state index contributed by atoms with van der Waals surface area (Å²) in [5.41, 5.74) is 2.78. The van der Waals surface area contributed by atoms with Crippen LogP contribution in [-0.4, -0.2) is 17.5 Å². The van der Waals surface area contributed by atoms with Gasteiger partial charge in [-0.3, -0.25) is 0 Å². The quantitative estimate of drug-likeness (QED) is 0.688. The zero-order chi connectivity index (χ0) is 17.4. The molecule has 0 spiro atoms. The van der Waals surface area contributed by atoms with Crippen LogP contribution in [0.4, 0.5) is 10.5 Å². The first kappa shape index (κ1) is 15.9. The third-order valence-electron chi connectivity index (χ3n) is 4.64. The predicted octanol–water partition coefficient (Wildman–Crippen LogP) is 4.53. The van der Waals surface area contributed by atoms with E-state index in [0.717, 1.165) is 30.3 Å². The van der Waals surface area contributed by atoms with Gasteiger partial charge in [0.15, 0.2) is 0 Å². The van der Waals surface area contributed by atoms with Crippen LogP contribution in [0.25, 0.3) is 11.0 Å². The van der Waals surface area contributed by atoms with Crippen LogP contribution in [0.5, 0.6) is 0 Å². The van der Waals surface area contributed by atoms with Crippen molar-refractivity contribution in [2.24, 2.45) is 0 Å². The fraction of sp³-hybridized carbons (Fsp3) is 0.263. The average molecular weight is 354 g/mol. The number of hydrogen-bond acceptors (Lipinski definition) is 4. The summed E-state index contributed by atoms with van der Waals surface area (Å²) in [5.74, 6) is 0. The lowest BCUT2D eigenvalue weighted by Crippen LogP contribution is -2.34. The van der Waals surface area contributed by atoms with Crippen molar-refractivity contribution >= 4 is 34.0 Å². The highest BCUT2D eigenvalue weighted by molar-refractivity contribution is 7.08. The molecule has 1 aliphatic heterocycles. The molecule has 1 aliphatic rings. The normalized spacial score (nSPS) is 17.2. The molecule has 1 saturated heterocycles. The Bertz CT molecular complexity index is 978. The van der Waals surface area contributed by atoms with Gasteiger partial charge >= 0.3 is 11.7 Å². The number of carbonyl (C=O) groups excluding carboxylic acids is 1. The van der Waals surface area contributed by atoms with E-state index in [0.29, 0.717) is 11.3 Å². The Morgan fingerprint density at radius 3 is 3.00 bits per heavy atom. The van der Waals surface area contributed by atoms with Crippen LogP contribution in [0, 0.1) is 6.92 Å². The molecule has 4 rings (SSSR count). The van der Waals surface area contributed by atoms with Gasteiger partial charge in [0.1, 0.15) is 5.58 Å². The lowest BCUT2D eigenvalue weighted by molar-refractivity contribution is 0.207. The van der Waals surface area contributed by atoms with Crippen molar-refractivity contribution in [2.45, 2.75) is 25.8 Å². The number of anilines is 1. The van der Waals surface area contributed by atoms with Gasteiger partial charge in [0, 0.05) is 29.8 Å². The summed E-state index contributed by atoms with van der Waals surface area (Å²) in [6.45, 7) is 2.61. The third-order valence-corrected chi connectivity index (χ3v) is 5.35. The first-order chi connectivity index (χ1) is 12.1. The molecule has 5 nitrogen and oxygen atoms in total. The van der Waals surface area contributed by atoms with Gasteiger partial charge in [-0.05, 0) is 59.9 Å². The Labute approximate surface area is 148 Å². The Hall–Kier alpha value is -2.60. The van der Waals surface area contributed by atoms with Crippen molar-refractivity contribution in [3.05, 3.63) is 62.6 Å². The Morgan fingerprint density at radius 1 is 1.32 bits per heavy atom. The average Bonchev–Trinajstić information content (AvgIpc) is 3.25. The topological polar surface area (TPSA) is 62.6 Å². The Morgan fingerprint density at radius 2 is 2.20 bits per heavy atom. The second kappa shape index (κ2) is 6.37. The minimum absolute atomic E-state index is 0.122. The minimum atomic E-state index is -0.384. The zero-order valence-electron chi connectivity index (χ0n) is 13.8. The number of thiophene rings is 1. The van der Waals surface area contributed by atoms with E-state index >= 15 is 0 Å². The van der Waals surface area contributed by atoms with Crippen molar-refractivity contribution in [3.63, 3.8) is 0 Å². The predicted molar refractivity (Wildman–Crippen MR) is 99.2 cm³/mol. The fourth-order valence-electron chi connectivity index (χ4n) is 3.42. The third kappa shape index (κ3) is 3.05. The number of urea groups is 1. The second-order valence-electron chi connectivity index (χ2n) is 6.30. The number of aryl methyl sites for hydroxylation is 1. The number of fused-ring (bicyclic) bond motifs is 1. The van der Waals surface area contributed by atoms with Gasteiger partial charge in [-0.2, -0.15) is 11.3 Å². The molecular formula is C19H18N2O3S. The molecule has 0 saturated carbocycles. The molecule has 1 N–H and O–H groups in total. The van der Waals surface area contributed by atoms with E-state index in [2.05, 4.69) is 16.8 Å². The van der Waals surface area contributed by atoms with Crippen LogP contribution in [0.1, 0.15) is 30.0 Å². The Kier molecular flexibility index (Phi) is 4.05. The maximum Gasteiger partial charge on any atom is 0.336 e. The van der Waals surface area contributed by atoms with Crippen molar-refractivity contribution < 1.29 is 9.21 Å². The van der Waals surface area contributed by atoms with Crippen LogP contribution in [0.2, 0.25) is 0 Å². The lowest BCUT2D eigenvalue weighted by Gasteiger charge is -2.24. The lowest BCUT2D eigenvalue weighted by atomic mass is 10.1. The Balaban J connectivity index is 1.58. The summed E-state index contributed by atoms with van der Waals surface area (Å²) in [7, 11) is 0. The van der Waals surface area contributed by atoms with Gasteiger partial charge in [-0.25, -0.2) is 9.59 Å². The summed E-state index contributed by atoms with van der Waals surface area (Å²) < 4.78 is 5.25. The van der Waals surface area contributed by atoms with Crippen molar-refractivity contribution in [1.29, 1.82) is 0 Å². The number of rotatable bonds is 2. The summed E-state index contributed by atoms with van der Waals surface area (Å²) in [5, 5.41) is 7.95. The summed E-state index contributed by atoms with van der Waals surface area (Å²) >= 11 is 1.65. The van der Waals surface area contributed by atoms with Crippen molar-refractivity contribution in [1.82, 2.24) is 4.90 Å². The first-order valence-corrected chi connectivity index (χ1v) is 9.20. The van der Waals surface area contributed by atoms with E-state index < -0.39 is 0 Å². The van der Waals surface area contributed by atoms with E-state index in [4.69, 9.17) is 4.42 Å². The molecule has 1 aromatic carbocycles. The van der Waals surface area contributed by atoms with Crippen molar-refractivity contribution in [2.75, 3.05) is 11.9 Å². The van der Waals surface area contributed by atoms with E-state index in [1.54, 1.807) is 17.4 Å². The van der Waals surface area contributed by atoms with Gasteiger partial charge < -0.3 is 14.6 Å². The molecule has 3 heterocycles. The minimum Gasteiger partial charge on any atom is -0.423 e. The highest BCUT2D eigenvalue weighted by Crippen LogP contribution is 2.33. The molecule has 128 valence electrons. The number of benzene rings is 1. The molecule has 1 atom stereocenters. The van der Waals surface area contributed by atoms with Crippen LogP contribution < -0.4 is 10.9 Å². The van der Waals surface area contributed by atoms with E-state index in [1.165, 1.54) is 11.6 Å². The highest BCUT2D eigenvalue weighted by atomic mass is 32.1. The smallest absolute Gasteiger partial charge is 0.336 e. The highest BCUT2D eigenvalue weighted by Gasteiger charge is 2.30. The maximum atomic E-state index is 12.7. The molecule has 0 radical (unpaired) electrons. The second-order valence-corrected chi connectivity index (χ2v) is 7.08. The molecule has 2 amide bonds. The van der Waals surface area contributed by atoms with Crippen LogP contribution in [0.15, 0.2) is 50.3 Å². The van der Waals surface area contributed by atoms with E-state index in [9.17, 15) is 9.59 Å². The molecule has 0 bridgehead atoms. The molecular weight excluding hydrogens is 336 g/mol. The number of nitrogens with one attached hydrogen (secondary N) is 1. The van der Waals surface area contributed by atoms with Gasteiger partial charge in [0.2, 0.25) is 0 Å². The monoisotopic (exact) mass is 354 g/mol. The molecule has 25 heavy (non-hydrogen) atoms.